The Morgan fingerprint density at radius 1 is 1.10 bits per heavy atom. The molecule has 0 fully saturated rings. The molecule has 42 heavy (non-hydrogen) atoms. The van der Waals surface area contributed by atoms with Crippen molar-refractivity contribution in [3.05, 3.63) is 65.2 Å². The Bertz CT molecular complexity index is 1690. The van der Waals surface area contributed by atoms with Gasteiger partial charge in [-0.15, -0.1) is 0 Å². The summed E-state index contributed by atoms with van der Waals surface area (Å²) in [6.45, 7) is 5.39. The summed E-state index contributed by atoms with van der Waals surface area (Å²) in [7, 11) is 4.74. The number of anilines is 1. The Labute approximate surface area is 245 Å². The van der Waals surface area contributed by atoms with Gasteiger partial charge in [0.1, 0.15) is 6.54 Å². The van der Waals surface area contributed by atoms with Crippen molar-refractivity contribution in [3.8, 4) is 51.7 Å². The van der Waals surface area contributed by atoms with Crippen LogP contribution in [0.25, 0.3) is 22.3 Å². The Kier molecular flexibility index (Phi) is 8.54. The number of fused-ring (bicyclic) bond motifs is 1. The lowest BCUT2D eigenvalue weighted by molar-refractivity contribution is -0.116. The fraction of sp³-hybridized carbons (Fsp3) is 0.273. The van der Waals surface area contributed by atoms with Crippen LogP contribution in [0.4, 0.5) is 10.5 Å². The predicted octanol–water partition coefficient (Wildman–Crippen LogP) is 5.43. The van der Waals surface area contributed by atoms with Crippen LogP contribution in [0.3, 0.4) is 0 Å². The zero-order chi connectivity index (χ0) is 30.6. The molecule has 0 atom stereocenters. The van der Waals surface area contributed by atoms with Gasteiger partial charge in [0, 0.05) is 47.1 Å². The Morgan fingerprint density at radius 2 is 1.83 bits per heavy atom. The molecule has 3 aromatic rings. The second-order valence-electron chi connectivity index (χ2n) is 10.6. The molecule has 1 N–H and O–H groups in total. The largest absolute Gasteiger partial charge is 0.493 e. The summed E-state index contributed by atoms with van der Waals surface area (Å²) in [6.07, 6.45) is 0.577. The number of benzene rings is 3. The molecule has 0 spiro atoms. The molecule has 0 unspecified atom stereocenters. The molecular weight excluding hydrogens is 532 g/mol. The highest BCUT2D eigenvalue weighted by Crippen LogP contribution is 2.46. The molecule has 0 bridgehead atoms. The van der Waals surface area contributed by atoms with Crippen LogP contribution in [0.2, 0.25) is 0 Å². The fourth-order valence-corrected chi connectivity index (χ4v) is 4.80. The number of amides is 2. The molecule has 2 amide bonds. The van der Waals surface area contributed by atoms with Crippen LogP contribution in [0.15, 0.2) is 53.5 Å². The number of benzodiazepines with no additional fused rings is 1. The predicted molar refractivity (Wildman–Crippen MR) is 162 cm³/mol. The lowest BCUT2D eigenvalue weighted by Gasteiger charge is -2.31. The van der Waals surface area contributed by atoms with Gasteiger partial charge in [0.05, 0.1) is 38.1 Å². The van der Waals surface area contributed by atoms with E-state index in [0.717, 1.165) is 11.1 Å². The van der Waals surface area contributed by atoms with Crippen molar-refractivity contribution in [1.82, 2.24) is 4.90 Å². The minimum absolute atomic E-state index is 0.0103. The first-order valence-electron chi connectivity index (χ1n) is 13.2. The maximum absolute atomic E-state index is 12.7. The number of carbonyl (C=O) groups is 2. The van der Waals surface area contributed by atoms with Gasteiger partial charge in [-0.05, 0) is 44.0 Å². The number of nitrogens with zero attached hydrogens (tertiary/aromatic N) is 4. The molecule has 3 aromatic carbocycles. The fourth-order valence-electron chi connectivity index (χ4n) is 4.80. The van der Waals surface area contributed by atoms with Crippen molar-refractivity contribution in [2.45, 2.75) is 26.3 Å². The van der Waals surface area contributed by atoms with E-state index in [1.54, 1.807) is 52.2 Å². The smallest absolute Gasteiger partial charge is 0.408 e. The molecule has 0 saturated carbocycles. The van der Waals surface area contributed by atoms with E-state index < -0.39 is 11.6 Å². The minimum atomic E-state index is -1.07. The highest BCUT2D eigenvalue weighted by molar-refractivity contribution is 6.09. The number of hydrogen-bond acceptors (Lipinski definition) is 6. The summed E-state index contributed by atoms with van der Waals surface area (Å²) in [5.74, 6) is 6.90. The van der Waals surface area contributed by atoms with E-state index in [4.69, 9.17) is 9.47 Å². The number of hydrogen-bond donors (Lipinski definition) is 1. The number of rotatable bonds is 5. The van der Waals surface area contributed by atoms with E-state index in [1.807, 2.05) is 30.3 Å². The van der Waals surface area contributed by atoms with Crippen LogP contribution >= 0.6 is 0 Å². The lowest BCUT2D eigenvalue weighted by Crippen LogP contribution is -2.45. The van der Waals surface area contributed by atoms with Crippen molar-refractivity contribution in [2.75, 3.05) is 39.3 Å². The maximum Gasteiger partial charge on any atom is 0.408 e. The first-order chi connectivity index (χ1) is 20.0. The number of methoxy groups -OCH3 is 2. The monoisotopic (exact) mass is 564 g/mol. The van der Waals surface area contributed by atoms with Gasteiger partial charge < -0.3 is 19.5 Å². The van der Waals surface area contributed by atoms with Crippen molar-refractivity contribution in [2.24, 2.45) is 4.99 Å². The molecule has 9 nitrogen and oxygen atoms in total. The van der Waals surface area contributed by atoms with Gasteiger partial charge >= 0.3 is 6.09 Å². The molecule has 1 aliphatic heterocycles. The normalized spacial score (nSPS) is 12.4. The Hall–Kier alpha value is -5.28. The summed E-state index contributed by atoms with van der Waals surface area (Å²) >= 11 is 0. The molecular formula is C33H32N4O5. The van der Waals surface area contributed by atoms with Crippen LogP contribution in [0.5, 0.6) is 11.5 Å². The minimum Gasteiger partial charge on any atom is -0.493 e. The van der Waals surface area contributed by atoms with E-state index in [1.165, 1.54) is 24.0 Å². The topological polar surface area (TPSA) is 115 Å². The van der Waals surface area contributed by atoms with Gasteiger partial charge in [0.25, 0.3) is 0 Å². The summed E-state index contributed by atoms with van der Waals surface area (Å²) in [5, 5.41) is 19.5. The molecule has 9 heteroatoms. The number of carbonyl (C=O) groups excluding carboxylic acids is 1. The zero-order valence-electron chi connectivity index (χ0n) is 24.5. The summed E-state index contributed by atoms with van der Waals surface area (Å²) in [4.78, 5) is 31.8. The van der Waals surface area contributed by atoms with Gasteiger partial charge in [-0.25, -0.2) is 4.79 Å². The molecule has 0 radical (unpaired) electrons. The number of aliphatic imine (C=N–C) groups is 1. The van der Waals surface area contributed by atoms with Gasteiger partial charge in [-0.1, -0.05) is 42.2 Å². The average molecular weight is 565 g/mol. The van der Waals surface area contributed by atoms with Gasteiger partial charge in [0.15, 0.2) is 11.5 Å². The van der Waals surface area contributed by atoms with E-state index >= 15 is 0 Å². The third kappa shape index (κ3) is 5.77. The van der Waals surface area contributed by atoms with Gasteiger partial charge in [-0.3, -0.25) is 14.7 Å². The van der Waals surface area contributed by atoms with Gasteiger partial charge in [-0.2, -0.15) is 5.26 Å². The second kappa shape index (κ2) is 12.1. The van der Waals surface area contributed by atoms with Crippen molar-refractivity contribution in [1.29, 1.82) is 5.26 Å². The highest BCUT2D eigenvalue weighted by Gasteiger charge is 2.28. The van der Waals surface area contributed by atoms with E-state index in [2.05, 4.69) is 22.9 Å². The second-order valence-corrected chi connectivity index (χ2v) is 10.6. The highest BCUT2D eigenvalue weighted by atomic mass is 16.5. The van der Waals surface area contributed by atoms with Crippen LogP contribution in [-0.4, -0.2) is 68.1 Å². The quantitative estimate of drug-likeness (QED) is 0.413. The summed E-state index contributed by atoms with van der Waals surface area (Å²) in [6, 6.07) is 16.9. The van der Waals surface area contributed by atoms with Crippen LogP contribution < -0.4 is 14.4 Å². The van der Waals surface area contributed by atoms with Crippen molar-refractivity contribution < 1.29 is 24.2 Å². The average Bonchev–Trinajstić information content (AvgIpc) is 3.10. The molecule has 1 aliphatic rings. The van der Waals surface area contributed by atoms with E-state index in [0.29, 0.717) is 45.0 Å². The van der Waals surface area contributed by atoms with Crippen molar-refractivity contribution in [3.63, 3.8) is 0 Å². The van der Waals surface area contributed by atoms with Crippen LogP contribution in [0, 0.1) is 23.2 Å². The molecule has 0 aromatic heterocycles. The third-order valence-corrected chi connectivity index (χ3v) is 7.02. The van der Waals surface area contributed by atoms with Crippen LogP contribution in [-0.2, 0) is 4.79 Å². The maximum atomic E-state index is 12.7. The van der Waals surface area contributed by atoms with Crippen LogP contribution in [0.1, 0.15) is 37.5 Å². The standard InChI is InChI=1S/C33H32N4O5/c1-33(2,3)37(32(39)40)15-9-11-21-16-22(24-12-8-7-10-23(24)18-34)13-14-25(21)30-26-19-35-20-29(38)36(4)27(26)17-28(41-5)31(30)42-6/h7-8,10,12-14,16-17,19H,15,20H2,1-6H3,(H,39,40). The Morgan fingerprint density at radius 3 is 2.48 bits per heavy atom. The lowest BCUT2D eigenvalue weighted by atomic mass is 9.90. The molecule has 0 aliphatic carbocycles. The first kappa shape index (κ1) is 29.7. The zero-order valence-corrected chi connectivity index (χ0v) is 24.5. The molecule has 1 heterocycles. The molecule has 4 rings (SSSR count). The molecule has 214 valence electrons. The summed E-state index contributed by atoms with van der Waals surface area (Å²) in [5.41, 5.74) is 4.45. The number of carboxylic acid groups (broad SMARTS) is 1. The number of ether oxygens (including phenoxy) is 2. The molecule has 0 saturated heterocycles. The Balaban J connectivity index is 2.03. The number of likely N-dealkylation sites (N-methyl/N-ethyl adjacent to an activating group) is 1. The van der Waals surface area contributed by atoms with Crippen molar-refractivity contribution >= 4 is 23.9 Å². The SMILES string of the molecule is COc1cc2c(c(-c3ccc(-c4ccccc4C#N)cc3C#CCN(C(=O)O)C(C)(C)C)c1OC)C=NCC(=O)N2C. The third-order valence-electron chi connectivity index (χ3n) is 7.02. The van der Waals surface area contributed by atoms with E-state index in [9.17, 15) is 20.0 Å². The first-order valence-corrected chi connectivity index (χ1v) is 13.2. The van der Waals surface area contributed by atoms with E-state index in [-0.39, 0.29) is 19.0 Å². The van der Waals surface area contributed by atoms with Gasteiger partial charge in [0.2, 0.25) is 5.91 Å². The number of nitriles is 1. The summed E-state index contributed by atoms with van der Waals surface area (Å²) < 4.78 is 11.5.